The first-order valence-corrected chi connectivity index (χ1v) is 9.13. The molecule has 7 heteroatoms. The molecule has 0 aromatic heterocycles. The number of hydrogen-bond donors (Lipinski definition) is 1. The predicted octanol–water partition coefficient (Wildman–Crippen LogP) is 3.16. The molecule has 6 nitrogen and oxygen atoms in total. The zero-order valence-electron chi connectivity index (χ0n) is 14.7. The number of carbonyl (C=O) groups excluding carboxylic acids is 3. The Morgan fingerprint density at radius 2 is 1.81 bits per heavy atom. The first-order chi connectivity index (χ1) is 13.1. The highest BCUT2D eigenvalue weighted by atomic mass is 32.2. The molecule has 0 atom stereocenters. The standard InChI is InChI=1S/C20H18N2O4S/c1-26-16-10-6-5-9-15(16)18(23)21-11-12-22-19(24)17(27-20(22)25)13-14-7-3-2-4-8-14/h2-10,13H,11-12H2,1H3,(H,21,23). The normalized spacial score (nSPS) is 15.3. The van der Waals surface area contributed by atoms with E-state index >= 15 is 0 Å². The van der Waals surface area contributed by atoms with Gasteiger partial charge in [-0.1, -0.05) is 42.5 Å². The molecule has 2 aromatic rings. The van der Waals surface area contributed by atoms with Crippen molar-refractivity contribution in [2.45, 2.75) is 0 Å². The Kier molecular flexibility index (Phi) is 5.93. The summed E-state index contributed by atoms with van der Waals surface area (Å²) in [6, 6.07) is 16.2. The Balaban J connectivity index is 1.60. The largest absolute Gasteiger partial charge is 0.496 e. The summed E-state index contributed by atoms with van der Waals surface area (Å²) >= 11 is 0.904. The van der Waals surface area contributed by atoms with Crippen molar-refractivity contribution >= 4 is 34.9 Å². The number of benzene rings is 2. The van der Waals surface area contributed by atoms with Crippen LogP contribution >= 0.6 is 11.8 Å². The van der Waals surface area contributed by atoms with E-state index in [0.29, 0.717) is 16.2 Å². The Morgan fingerprint density at radius 1 is 1.11 bits per heavy atom. The van der Waals surface area contributed by atoms with Crippen LogP contribution in [0.2, 0.25) is 0 Å². The highest BCUT2D eigenvalue weighted by Gasteiger charge is 2.34. The van der Waals surface area contributed by atoms with Gasteiger partial charge in [-0.3, -0.25) is 19.3 Å². The zero-order valence-corrected chi connectivity index (χ0v) is 15.5. The van der Waals surface area contributed by atoms with Crippen LogP contribution < -0.4 is 10.1 Å². The minimum absolute atomic E-state index is 0.109. The number of thioether (sulfide) groups is 1. The fourth-order valence-corrected chi connectivity index (χ4v) is 3.47. The number of nitrogens with one attached hydrogen (secondary N) is 1. The van der Waals surface area contributed by atoms with Crippen molar-refractivity contribution < 1.29 is 19.1 Å². The Bertz CT molecular complexity index is 896. The van der Waals surface area contributed by atoms with Gasteiger partial charge in [0, 0.05) is 13.1 Å². The number of para-hydroxylation sites is 1. The van der Waals surface area contributed by atoms with Crippen molar-refractivity contribution in [2.24, 2.45) is 0 Å². The smallest absolute Gasteiger partial charge is 0.293 e. The van der Waals surface area contributed by atoms with Crippen LogP contribution in [0.4, 0.5) is 4.79 Å². The molecule has 1 saturated heterocycles. The molecule has 1 N–H and O–H groups in total. The van der Waals surface area contributed by atoms with Crippen LogP contribution in [0, 0.1) is 0 Å². The van der Waals surface area contributed by atoms with Crippen LogP contribution in [-0.4, -0.2) is 42.2 Å². The van der Waals surface area contributed by atoms with E-state index in [1.807, 2.05) is 30.3 Å². The van der Waals surface area contributed by atoms with E-state index in [1.54, 1.807) is 30.3 Å². The molecule has 0 unspecified atom stereocenters. The summed E-state index contributed by atoms with van der Waals surface area (Å²) in [5.74, 6) is -0.202. The maximum absolute atomic E-state index is 12.4. The lowest BCUT2D eigenvalue weighted by Gasteiger charge is -2.13. The Labute approximate surface area is 161 Å². The lowest BCUT2D eigenvalue weighted by Crippen LogP contribution is -2.37. The summed E-state index contributed by atoms with van der Waals surface area (Å²) in [5.41, 5.74) is 1.26. The SMILES string of the molecule is COc1ccccc1C(=O)NCCN1C(=O)SC(=Cc2ccccc2)C1=O. The molecule has 138 valence electrons. The first kappa shape index (κ1) is 18.7. The van der Waals surface area contributed by atoms with E-state index in [9.17, 15) is 14.4 Å². The van der Waals surface area contributed by atoms with E-state index < -0.39 is 0 Å². The monoisotopic (exact) mass is 382 g/mol. The summed E-state index contributed by atoms with van der Waals surface area (Å²) in [5, 5.41) is 2.37. The summed E-state index contributed by atoms with van der Waals surface area (Å²) in [6.07, 6.45) is 1.69. The number of methoxy groups -OCH3 is 1. The van der Waals surface area contributed by atoms with E-state index in [4.69, 9.17) is 4.74 Å². The molecule has 1 heterocycles. The summed E-state index contributed by atoms with van der Waals surface area (Å²) in [7, 11) is 1.49. The van der Waals surface area contributed by atoms with Crippen molar-refractivity contribution in [2.75, 3.05) is 20.2 Å². The van der Waals surface area contributed by atoms with Crippen molar-refractivity contribution in [3.05, 3.63) is 70.6 Å². The number of rotatable bonds is 6. The molecule has 3 rings (SSSR count). The average Bonchev–Trinajstić information content (AvgIpc) is 2.96. The lowest BCUT2D eigenvalue weighted by atomic mass is 10.2. The second kappa shape index (κ2) is 8.55. The molecule has 2 aromatic carbocycles. The minimum atomic E-state index is -0.347. The minimum Gasteiger partial charge on any atom is -0.496 e. The maximum atomic E-state index is 12.4. The lowest BCUT2D eigenvalue weighted by molar-refractivity contribution is -0.122. The first-order valence-electron chi connectivity index (χ1n) is 8.32. The van der Waals surface area contributed by atoms with E-state index in [-0.39, 0.29) is 30.1 Å². The van der Waals surface area contributed by atoms with Gasteiger partial charge >= 0.3 is 0 Å². The van der Waals surface area contributed by atoms with Gasteiger partial charge in [-0.05, 0) is 35.5 Å². The molecular formula is C20H18N2O4S. The van der Waals surface area contributed by atoms with Crippen molar-refractivity contribution in [1.82, 2.24) is 10.2 Å². The van der Waals surface area contributed by atoms with Crippen LogP contribution in [0.15, 0.2) is 59.5 Å². The molecular weight excluding hydrogens is 364 g/mol. The zero-order chi connectivity index (χ0) is 19.2. The molecule has 27 heavy (non-hydrogen) atoms. The summed E-state index contributed by atoms with van der Waals surface area (Å²) in [6.45, 7) is 0.269. The number of amides is 3. The molecule has 1 fully saturated rings. The predicted molar refractivity (Wildman–Crippen MR) is 104 cm³/mol. The third kappa shape index (κ3) is 4.38. The number of carbonyl (C=O) groups is 3. The molecule has 0 radical (unpaired) electrons. The quantitative estimate of drug-likeness (QED) is 0.777. The van der Waals surface area contributed by atoms with Crippen LogP contribution in [0.3, 0.4) is 0 Å². The van der Waals surface area contributed by atoms with Gasteiger partial charge in [-0.25, -0.2) is 0 Å². The number of nitrogens with zero attached hydrogens (tertiary/aromatic N) is 1. The van der Waals surface area contributed by atoms with E-state index in [0.717, 1.165) is 22.2 Å². The summed E-state index contributed by atoms with van der Waals surface area (Å²) < 4.78 is 5.16. The summed E-state index contributed by atoms with van der Waals surface area (Å²) in [4.78, 5) is 38.4. The van der Waals surface area contributed by atoms with Gasteiger partial charge in [0.05, 0.1) is 17.6 Å². The Morgan fingerprint density at radius 3 is 2.56 bits per heavy atom. The number of imide groups is 1. The van der Waals surface area contributed by atoms with E-state index in [1.165, 1.54) is 7.11 Å². The molecule has 1 aliphatic heterocycles. The van der Waals surface area contributed by atoms with Crippen LogP contribution in [0.5, 0.6) is 5.75 Å². The topological polar surface area (TPSA) is 75.7 Å². The van der Waals surface area contributed by atoms with Crippen LogP contribution in [-0.2, 0) is 4.79 Å². The molecule has 1 aliphatic rings. The van der Waals surface area contributed by atoms with Crippen molar-refractivity contribution in [3.63, 3.8) is 0 Å². The van der Waals surface area contributed by atoms with Crippen LogP contribution in [0.1, 0.15) is 15.9 Å². The average molecular weight is 382 g/mol. The third-order valence-corrected chi connectivity index (χ3v) is 4.85. The fourth-order valence-electron chi connectivity index (χ4n) is 2.60. The number of ether oxygens (including phenoxy) is 1. The van der Waals surface area contributed by atoms with Gasteiger partial charge in [0.1, 0.15) is 5.75 Å². The maximum Gasteiger partial charge on any atom is 0.293 e. The van der Waals surface area contributed by atoms with Gasteiger partial charge in [-0.2, -0.15) is 0 Å². The highest BCUT2D eigenvalue weighted by molar-refractivity contribution is 8.18. The molecule has 3 amide bonds. The Hall–Kier alpha value is -3.06. The van der Waals surface area contributed by atoms with Gasteiger partial charge in [0.2, 0.25) is 0 Å². The molecule has 0 bridgehead atoms. The van der Waals surface area contributed by atoms with Gasteiger partial charge in [0.25, 0.3) is 17.1 Å². The third-order valence-electron chi connectivity index (χ3n) is 3.94. The van der Waals surface area contributed by atoms with E-state index in [2.05, 4.69) is 5.32 Å². The van der Waals surface area contributed by atoms with Gasteiger partial charge < -0.3 is 10.1 Å². The van der Waals surface area contributed by atoms with Crippen molar-refractivity contribution in [3.8, 4) is 5.75 Å². The molecule has 0 spiro atoms. The van der Waals surface area contributed by atoms with Crippen LogP contribution in [0.25, 0.3) is 6.08 Å². The van der Waals surface area contributed by atoms with Gasteiger partial charge in [0.15, 0.2) is 0 Å². The highest BCUT2D eigenvalue weighted by Crippen LogP contribution is 2.31. The molecule has 0 saturated carbocycles. The van der Waals surface area contributed by atoms with Gasteiger partial charge in [-0.15, -0.1) is 0 Å². The number of hydrogen-bond acceptors (Lipinski definition) is 5. The fraction of sp³-hybridized carbons (Fsp3) is 0.150. The second-order valence-corrected chi connectivity index (χ2v) is 6.69. The molecule has 0 aliphatic carbocycles. The second-order valence-electron chi connectivity index (χ2n) is 5.70. The van der Waals surface area contributed by atoms with Crippen molar-refractivity contribution in [1.29, 1.82) is 0 Å².